The van der Waals surface area contributed by atoms with Gasteiger partial charge in [0.1, 0.15) is 5.75 Å². The molecule has 2 nitrogen and oxygen atoms in total. The number of carbonyl (C=O) groups is 1. The third-order valence-corrected chi connectivity index (χ3v) is 3.18. The van der Waals surface area contributed by atoms with Gasteiger partial charge in [-0.25, -0.2) is 4.79 Å². The second-order valence-corrected chi connectivity index (χ2v) is 4.53. The Morgan fingerprint density at radius 3 is 2.29 bits per heavy atom. The molecule has 3 aromatic rings. The van der Waals surface area contributed by atoms with Crippen LogP contribution >= 0.6 is 0 Å². The molecule has 0 unspecified atom stereocenters. The Balaban J connectivity index is 2.17. The molecule has 0 aromatic heterocycles. The summed E-state index contributed by atoms with van der Waals surface area (Å²) >= 11 is 0. The normalized spacial score (nSPS) is 11.8. The van der Waals surface area contributed by atoms with E-state index in [2.05, 4.69) is 4.74 Å². The minimum atomic E-state index is -5.01. The summed E-state index contributed by atoms with van der Waals surface area (Å²) in [5, 5.41) is 3.05. The highest BCUT2D eigenvalue weighted by Crippen LogP contribution is 2.32. The standard InChI is InChI=1S/C16H9F3O2/c17-16(18,19)15(20)21-14-7-3-6-12-11-5-2-1-4-10(11)8-9-13(12)14/h1-9H. The Morgan fingerprint density at radius 1 is 0.810 bits per heavy atom. The average molecular weight is 290 g/mol. The van der Waals surface area contributed by atoms with Gasteiger partial charge < -0.3 is 4.74 Å². The van der Waals surface area contributed by atoms with Crippen LogP contribution in [0.5, 0.6) is 5.75 Å². The summed E-state index contributed by atoms with van der Waals surface area (Å²) in [5.74, 6) is -2.32. The highest BCUT2D eigenvalue weighted by atomic mass is 19.4. The molecule has 0 N–H and O–H groups in total. The van der Waals surface area contributed by atoms with E-state index in [1.54, 1.807) is 24.3 Å². The number of carbonyl (C=O) groups excluding carboxylic acids is 1. The molecule has 0 heterocycles. The van der Waals surface area contributed by atoms with Crippen LogP contribution in [0, 0.1) is 0 Å². The van der Waals surface area contributed by atoms with E-state index in [0.29, 0.717) is 5.39 Å². The van der Waals surface area contributed by atoms with Crippen LogP contribution in [0.25, 0.3) is 21.5 Å². The van der Waals surface area contributed by atoms with Crippen molar-refractivity contribution in [3.05, 3.63) is 54.6 Å². The lowest BCUT2D eigenvalue weighted by molar-refractivity contribution is -0.189. The van der Waals surface area contributed by atoms with Crippen LogP contribution in [0.3, 0.4) is 0 Å². The monoisotopic (exact) mass is 290 g/mol. The Kier molecular flexibility index (Phi) is 3.05. The zero-order valence-electron chi connectivity index (χ0n) is 10.6. The topological polar surface area (TPSA) is 26.3 Å². The summed E-state index contributed by atoms with van der Waals surface area (Å²) in [6.45, 7) is 0. The Bertz CT molecular complexity index is 838. The quantitative estimate of drug-likeness (QED) is 0.376. The summed E-state index contributed by atoms with van der Waals surface area (Å²) in [4.78, 5) is 11.0. The van der Waals surface area contributed by atoms with E-state index in [-0.39, 0.29) is 5.75 Å². The van der Waals surface area contributed by atoms with E-state index < -0.39 is 12.1 Å². The van der Waals surface area contributed by atoms with Crippen LogP contribution in [-0.2, 0) is 4.79 Å². The summed E-state index contributed by atoms with van der Waals surface area (Å²) < 4.78 is 41.4. The van der Waals surface area contributed by atoms with Crippen LogP contribution in [0.1, 0.15) is 0 Å². The average Bonchev–Trinajstić information content (AvgIpc) is 2.46. The molecule has 0 spiro atoms. The first-order valence-electron chi connectivity index (χ1n) is 6.16. The first kappa shape index (κ1) is 13.4. The van der Waals surface area contributed by atoms with Gasteiger partial charge in [-0.3, -0.25) is 0 Å². The molecule has 0 fully saturated rings. The van der Waals surface area contributed by atoms with Gasteiger partial charge in [0, 0.05) is 5.39 Å². The molecule has 3 rings (SSSR count). The van der Waals surface area contributed by atoms with Gasteiger partial charge >= 0.3 is 12.1 Å². The van der Waals surface area contributed by atoms with E-state index in [1.807, 2.05) is 24.3 Å². The van der Waals surface area contributed by atoms with Crippen LogP contribution in [0.2, 0.25) is 0 Å². The van der Waals surface area contributed by atoms with E-state index in [9.17, 15) is 18.0 Å². The lowest BCUT2D eigenvalue weighted by Crippen LogP contribution is -2.28. The number of hydrogen-bond acceptors (Lipinski definition) is 2. The molecule has 106 valence electrons. The minimum Gasteiger partial charge on any atom is -0.419 e. The van der Waals surface area contributed by atoms with Crippen molar-refractivity contribution in [1.29, 1.82) is 0 Å². The number of rotatable bonds is 1. The SMILES string of the molecule is O=C(Oc1cccc2c1ccc1ccccc12)C(F)(F)F. The molecule has 21 heavy (non-hydrogen) atoms. The van der Waals surface area contributed by atoms with Gasteiger partial charge in [0.05, 0.1) is 0 Å². The molecule has 0 bridgehead atoms. The van der Waals surface area contributed by atoms with Crippen molar-refractivity contribution in [2.45, 2.75) is 6.18 Å². The van der Waals surface area contributed by atoms with Gasteiger partial charge in [-0.1, -0.05) is 42.5 Å². The number of fused-ring (bicyclic) bond motifs is 3. The number of esters is 1. The maximum Gasteiger partial charge on any atom is 0.491 e. The lowest BCUT2D eigenvalue weighted by atomic mass is 10.0. The zero-order valence-corrected chi connectivity index (χ0v) is 10.6. The second kappa shape index (κ2) is 4.77. The molecule has 0 saturated carbocycles. The van der Waals surface area contributed by atoms with Gasteiger partial charge in [-0.2, -0.15) is 13.2 Å². The maximum atomic E-state index is 12.3. The van der Waals surface area contributed by atoms with Crippen molar-refractivity contribution in [1.82, 2.24) is 0 Å². The summed E-state index contributed by atoms with van der Waals surface area (Å²) in [7, 11) is 0. The number of ether oxygens (including phenoxy) is 1. The molecule has 0 atom stereocenters. The van der Waals surface area contributed by atoms with Crippen LogP contribution in [0.15, 0.2) is 54.6 Å². The summed E-state index contributed by atoms with van der Waals surface area (Å²) in [6, 6.07) is 15.6. The largest absolute Gasteiger partial charge is 0.491 e. The fourth-order valence-corrected chi connectivity index (χ4v) is 2.26. The molecule has 0 aliphatic rings. The van der Waals surface area contributed by atoms with Crippen molar-refractivity contribution in [3.63, 3.8) is 0 Å². The zero-order chi connectivity index (χ0) is 15.0. The number of benzene rings is 3. The van der Waals surface area contributed by atoms with Crippen molar-refractivity contribution in [3.8, 4) is 5.75 Å². The van der Waals surface area contributed by atoms with Gasteiger partial charge in [0.25, 0.3) is 0 Å². The van der Waals surface area contributed by atoms with E-state index in [0.717, 1.165) is 16.2 Å². The van der Waals surface area contributed by atoms with Gasteiger partial charge in [-0.05, 0) is 28.3 Å². The summed E-state index contributed by atoms with van der Waals surface area (Å²) in [5.41, 5.74) is 0. The summed E-state index contributed by atoms with van der Waals surface area (Å²) in [6.07, 6.45) is -5.01. The van der Waals surface area contributed by atoms with Gasteiger partial charge in [0.15, 0.2) is 0 Å². The molecular formula is C16H9F3O2. The molecule has 5 heteroatoms. The maximum absolute atomic E-state index is 12.3. The number of halogens is 3. The van der Waals surface area contributed by atoms with Gasteiger partial charge in [0.2, 0.25) is 0 Å². The van der Waals surface area contributed by atoms with Crippen LogP contribution in [-0.4, -0.2) is 12.1 Å². The van der Waals surface area contributed by atoms with E-state index >= 15 is 0 Å². The minimum absolute atomic E-state index is 0.0967. The molecule has 0 radical (unpaired) electrons. The van der Waals surface area contributed by atoms with Crippen LogP contribution in [0.4, 0.5) is 13.2 Å². The van der Waals surface area contributed by atoms with Crippen LogP contribution < -0.4 is 4.74 Å². The predicted molar refractivity (Wildman–Crippen MR) is 73.1 cm³/mol. The first-order valence-corrected chi connectivity index (χ1v) is 6.16. The van der Waals surface area contributed by atoms with Crippen molar-refractivity contribution >= 4 is 27.5 Å². The predicted octanol–water partition coefficient (Wildman–Crippen LogP) is 4.46. The second-order valence-electron chi connectivity index (χ2n) is 4.53. The first-order chi connectivity index (χ1) is 9.97. The van der Waals surface area contributed by atoms with E-state index in [4.69, 9.17) is 0 Å². The molecule has 0 aliphatic carbocycles. The molecule has 0 aliphatic heterocycles. The Morgan fingerprint density at radius 2 is 1.52 bits per heavy atom. The third-order valence-electron chi connectivity index (χ3n) is 3.18. The lowest BCUT2D eigenvalue weighted by Gasteiger charge is -2.10. The fourth-order valence-electron chi connectivity index (χ4n) is 2.26. The molecule has 3 aromatic carbocycles. The number of hydrogen-bond donors (Lipinski definition) is 0. The highest BCUT2D eigenvalue weighted by molar-refractivity contribution is 6.09. The van der Waals surface area contributed by atoms with Gasteiger partial charge in [-0.15, -0.1) is 0 Å². The smallest absolute Gasteiger partial charge is 0.419 e. The molecule has 0 saturated heterocycles. The highest BCUT2D eigenvalue weighted by Gasteiger charge is 2.41. The van der Waals surface area contributed by atoms with Crippen molar-refractivity contribution in [2.24, 2.45) is 0 Å². The Labute approximate surface area is 117 Å². The van der Waals surface area contributed by atoms with Crippen molar-refractivity contribution in [2.75, 3.05) is 0 Å². The molecule has 0 amide bonds. The number of alkyl halides is 3. The Hall–Kier alpha value is -2.56. The molecular weight excluding hydrogens is 281 g/mol. The van der Waals surface area contributed by atoms with Crippen molar-refractivity contribution < 1.29 is 22.7 Å². The van der Waals surface area contributed by atoms with E-state index in [1.165, 1.54) is 6.07 Å². The third kappa shape index (κ3) is 2.42. The fraction of sp³-hybridized carbons (Fsp3) is 0.0625.